The topological polar surface area (TPSA) is 55.1 Å². The summed E-state index contributed by atoms with van der Waals surface area (Å²) in [6.45, 7) is 11.0. The number of nitrogens with one attached hydrogen (secondary N) is 1. The van der Waals surface area contributed by atoms with E-state index in [9.17, 15) is 4.79 Å². The maximum atomic E-state index is 12.4. The van der Waals surface area contributed by atoms with Crippen LogP contribution < -0.4 is 11.1 Å². The third-order valence-corrected chi connectivity index (χ3v) is 5.12. The van der Waals surface area contributed by atoms with Crippen LogP contribution in [0.4, 0.5) is 0 Å². The molecule has 2 rings (SSSR count). The molecule has 1 fully saturated rings. The van der Waals surface area contributed by atoms with E-state index in [1.807, 2.05) is 25.1 Å². The van der Waals surface area contributed by atoms with Crippen molar-refractivity contribution in [1.82, 2.24) is 5.32 Å². The standard InChI is InChI=1S/C18H24N2O/c1-12-8-9-14(11-13(12)7-6-10-19)15(21)20-16-17(2,3)18(16,4)5/h8-9,11,16H,10,19H2,1-5H3,(H,20,21). The Bertz CT molecular complexity index is 618. The first-order chi connectivity index (χ1) is 9.71. The van der Waals surface area contributed by atoms with E-state index < -0.39 is 0 Å². The molecule has 1 aliphatic rings. The molecule has 1 amide bonds. The molecule has 1 saturated carbocycles. The maximum absolute atomic E-state index is 12.4. The van der Waals surface area contributed by atoms with Crippen molar-refractivity contribution in [3.05, 3.63) is 34.9 Å². The van der Waals surface area contributed by atoms with Crippen molar-refractivity contribution in [3.63, 3.8) is 0 Å². The summed E-state index contributed by atoms with van der Waals surface area (Å²) in [6, 6.07) is 5.83. The molecule has 21 heavy (non-hydrogen) atoms. The van der Waals surface area contributed by atoms with Crippen LogP contribution >= 0.6 is 0 Å². The van der Waals surface area contributed by atoms with Crippen LogP contribution in [0.5, 0.6) is 0 Å². The Morgan fingerprint density at radius 3 is 2.43 bits per heavy atom. The summed E-state index contributed by atoms with van der Waals surface area (Å²) < 4.78 is 0. The van der Waals surface area contributed by atoms with Crippen LogP contribution in [0.3, 0.4) is 0 Å². The zero-order chi connectivity index (χ0) is 15.8. The number of carbonyl (C=O) groups is 1. The van der Waals surface area contributed by atoms with Crippen molar-refractivity contribution < 1.29 is 4.79 Å². The Morgan fingerprint density at radius 2 is 1.90 bits per heavy atom. The van der Waals surface area contributed by atoms with Crippen LogP contribution in [0.1, 0.15) is 49.2 Å². The van der Waals surface area contributed by atoms with E-state index >= 15 is 0 Å². The van der Waals surface area contributed by atoms with E-state index in [0.29, 0.717) is 12.1 Å². The van der Waals surface area contributed by atoms with Crippen LogP contribution in [0.25, 0.3) is 0 Å². The summed E-state index contributed by atoms with van der Waals surface area (Å²) in [5, 5.41) is 3.14. The largest absolute Gasteiger partial charge is 0.348 e. The molecule has 0 saturated heterocycles. The van der Waals surface area contributed by atoms with Gasteiger partial charge in [0.25, 0.3) is 5.91 Å². The van der Waals surface area contributed by atoms with E-state index in [-0.39, 0.29) is 22.8 Å². The van der Waals surface area contributed by atoms with Gasteiger partial charge in [0.1, 0.15) is 0 Å². The average Bonchev–Trinajstić information content (AvgIpc) is 2.80. The predicted octanol–water partition coefficient (Wildman–Crippen LogP) is 2.47. The van der Waals surface area contributed by atoms with Gasteiger partial charge in [-0.3, -0.25) is 4.79 Å². The van der Waals surface area contributed by atoms with Gasteiger partial charge in [0.05, 0.1) is 6.54 Å². The fraction of sp³-hybridized carbons (Fsp3) is 0.500. The van der Waals surface area contributed by atoms with Gasteiger partial charge in [-0.15, -0.1) is 0 Å². The van der Waals surface area contributed by atoms with Crippen molar-refractivity contribution >= 4 is 5.91 Å². The molecule has 0 aliphatic heterocycles. The molecule has 3 N–H and O–H groups in total. The average molecular weight is 284 g/mol. The molecule has 1 aromatic rings. The zero-order valence-electron chi connectivity index (χ0n) is 13.5. The molecule has 1 aliphatic carbocycles. The van der Waals surface area contributed by atoms with Gasteiger partial charge < -0.3 is 11.1 Å². The molecular formula is C18H24N2O. The summed E-state index contributed by atoms with van der Waals surface area (Å²) >= 11 is 0. The van der Waals surface area contributed by atoms with E-state index in [4.69, 9.17) is 5.73 Å². The summed E-state index contributed by atoms with van der Waals surface area (Å²) in [6.07, 6.45) is 0. The van der Waals surface area contributed by atoms with Gasteiger partial charge in [-0.2, -0.15) is 0 Å². The molecule has 1 aromatic carbocycles. The summed E-state index contributed by atoms with van der Waals surface area (Å²) in [7, 11) is 0. The minimum atomic E-state index is -0.0329. The highest BCUT2D eigenvalue weighted by atomic mass is 16.1. The van der Waals surface area contributed by atoms with Crippen molar-refractivity contribution in [2.24, 2.45) is 16.6 Å². The van der Waals surface area contributed by atoms with Gasteiger partial charge in [0.2, 0.25) is 0 Å². The Balaban J connectivity index is 2.18. The van der Waals surface area contributed by atoms with Gasteiger partial charge in [0.15, 0.2) is 0 Å². The molecule has 0 spiro atoms. The maximum Gasteiger partial charge on any atom is 0.251 e. The minimum absolute atomic E-state index is 0.0329. The lowest BCUT2D eigenvalue weighted by molar-refractivity contribution is 0.0943. The molecular weight excluding hydrogens is 260 g/mol. The lowest BCUT2D eigenvalue weighted by Gasteiger charge is -2.08. The van der Waals surface area contributed by atoms with Crippen molar-refractivity contribution in [2.45, 2.75) is 40.7 Å². The van der Waals surface area contributed by atoms with Gasteiger partial charge in [0, 0.05) is 17.2 Å². The van der Waals surface area contributed by atoms with Crippen molar-refractivity contribution in [1.29, 1.82) is 0 Å². The lowest BCUT2D eigenvalue weighted by atomic mass is 10.0. The highest BCUT2D eigenvalue weighted by Crippen LogP contribution is 2.62. The first-order valence-electron chi connectivity index (χ1n) is 7.32. The number of carbonyl (C=O) groups excluding carboxylic acids is 1. The number of amides is 1. The van der Waals surface area contributed by atoms with Crippen LogP contribution in [-0.4, -0.2) is 18.5 Å². The fourth-order valence-electron chi connectivity index (χ4n) is 2.82. The van der Waals surface area contributed by atoms with E-state index in [2.05, 4.69) is 44.9 Å². The first kappa shape index (κ1) is 15.6. The molecule has 0 aromatic heterocycles. The second-order valence-corrected chi connectivity index (χ2v) is 6.89. The van der Waals surface area contributed by atoms with Gasteiger partial charge in [-0.25, -0.2) is 0 Å². The second-order valence-electron chi connectivity index (χ2n) is 6.89. The summed E-state index contributed by atoms with van der Waals surface area (Å²) in [5.41, 5.74) is 8.25. The Morgan fingerprint density at radius 1 is 1.29 bits per heavy atom. The van der Waals surface area contributed by atoms with E-state index in [0.717, 1.165) is 11.1 Å². The molecule has 112 valence electrons. The summed E-state index contributed by atoms with van der Waals surface area (Å²) in [5.74, 6) is 5.82. The number of aryl methyl sites for hydroxylation is 1. The minimum Gasteiger partial charge on any atom is -0.348 e. The van der Waals surface area contributed by atoms with Gasteiger partial charge in [-0.1, -0.05) is 45.6 Å². The normalized spacial score (nSPS) is 18.6. The Kier molecular flexibility index (Phi) is 3.86. The van der Waals surface area contributed by atoms with Gasteiger partial charge in [-0.05, 0) is 35.4 Å². The van der Waals surface area contributed by atoms with Crippen molar-refractivity contribution in [3.8, 4) is 11.8 Å². The Hall–Kier alpha value is -1.79. The van der Waals surface area contributed by atoms with Crippen LogP contribution in [0.2, 0.25) is 0 Å². The molecule has 3 nitrogen and oxygen atoms in total. The molecule has 0 heterocycles. The fourth-order valence-corrected chi connectivity index (χ4v) is 2.82. The predicted molar refractivity (Wildman–Crippen MR) is 85.9 cm³/mol. The van der Waals surface area contributed by atoms with Crippen molar-refractivity contribution in [2.75, 3.05) is 6.54 Å². The monoisotopic (exact) mass is 284 g/mol. The molecule has 3 heteroatoms. The molecule has 0 bridgehead atoms. The smallest absolute Gasteiger partial charge is 0.251 e. The highest BCUT2D eigenvalue weighted by molar-refractivity contribution is 5.95. The Labute approximate surface area is 127 Å². The number of benzene rings is 1. The number of rotatable bonds is 2. The van der Waals surface area contributed by atoms with E-state index in [1.54, 1.807) is 0 Å². The third kappa shape index (κ3) is 2.69. The van der Waals surface area contributed by atoms with Crippen LogP contribution in [0.15, 0.2) is 18.2 Å². The van der Waals surface area contributed by atoms with Gasteiger partial charge >= 0.3 is 0 Å². The first-order valence-corrected chi connectivity index (χ1v) is 7.32. The third-order valence-electron chi connectivity index (χ3n) is 5.12. The summed E-state index contributed by atoms with van der Waals surface area (Å²) in [4.78, 5) is 12.4. The SMILES string of the molecule is Cc1ccc(C(=O)NC2C(C)(C)C2(C)C)cc1C#CCN. The van der Waals surface area contributed by atoms with Crippen LogP contribution in [0, 0.1) is 29.6 Å². The quantitative estimate of drug-likeness (QED) is 0.820. The molecule has 0 unspecified atom stereocenters. The zero-order valence-corrected chi connectivity index (χ0v) is 13.5. The molecule has 0 radical (unpaired) electrons. The number of hydrogen-bond donors (Lipinski definition) is 2. The van der Waals surface area contributed by atoms with Crippen LogP contribution in [-0.2, 0) is 0 Å². The van der Waals surface area contributed by atoms with E-state index in [1.165, 1.54) is 0 Å². The number of nitrogens with two attached hydrogens (primary N) is 1. The molecule has 0 atom stereocenters. The number of hydrogen-bond acceptors (Lipinski definition) is 2. The second kappa shape index (κ2) is 5.20. The highest BCUT2D eigenvalue weighted by Gasteiger charge is 2.65. The lowest BCUT2D eigenvalue weighted by Crippen LogP contribution is -2.29.